The number of aromatic nitrogens is 1. The number of aliphatic hydroxyl groups excluding tert-OH is 1. The number of Topliss-reactive ketones (excluding diaryl/α,β-unsaturated/α-hetero) is 1. The summed E-state index contributed by atoms with van der Waals surface area (Å²) in [6.45, 7) is 12.0. The fourth-order valence-corrected chi connectivity index (χ4v) is 4.04. The van der Waals surface area contributed by atoms with Gasteiger partial charge in [-0.25, -0.2) is 0 Å². The zero-order valence-corrected chi connectivity index (χ0v) is 20.2. The van der Waals surface area contributed by atoms with Crippen LogP contribution in [0, 0.1) is 6.92 Å². The van der Waals surface area contributed by atoms with Gasteiger partial charge < -0.3 is 14.4 Å². The number of amides is 1. The molecule has 7 nitrogen and oxygen atoms in total. The maximum absolute atomic E-state index is 13.2. The molecule has 2 heterocycles. The number of carbonyl (C=O) groups excluding carboxylic acids is 2. The number of benzene rings is 2. The standard InChI is InChI=1S/C28H28N2O5/c1-6-15-34-21-13-9-19(10-14-21)25(31)23-24(18-7-11-20(12-8-18)28(3,4)5)30(27(33)26(23)32)22-16-17(2)35-29-22/h6-14,16,24,31H,1,15H2,2-5H3/b25-23+/t24-/m1/s1. The molecule has 1 atom stereocenters. The molecule has 1 fully saturated rings. The van der Waals surface area contributed by atoms with Crippen molar-refractivity contribution in [3.8, 4) is 5.75 Å². The summed E-state index contributed by atoms with van der Waals surface area (Å²) in [6, 6.07) is 15.0. The lowest BCUT2D eigenvalue weighted by molar-refractivity contribution is -0.132. The number of nitrogens with zero attached hydrogens (tertiary/aromatic N) is 2. The maximum Gasteiger partial charge on any atom is 0.301 e. The van der Waals surface area contributed by atoms with Gasteiger partial charge in [0.25, 0.3) is 5.78 Å². The molecule has 0 spiro atoms. The minimum atomic E-state index is -0.870. The SMILES string of the molecule is C=CCOc1ccc(/C(O)=C2\C(=O)C(=O)N(c3cc(C)on3)[C@@H]2c2ccc(C(C)(C)C)cc2)cc1. The van der Waals surface area contributed by atoms with E-state index in [9.17, 15) is 14.7 Å². The lowest BCUT2D eigenvalue weighted by Gasteiger charge is -2.24. The van der Waals surface area contributed by atoms with Gasteiger partial charge in [0.05, 0.1) is 11.6 Å². The Labute approximate surface area is 204 Å². The van der Waals surface area contributed by atoms with Gasteiger partial charge in [-0.15, -0.1) is 0 Å². The monoisotopic (exact) mass is 472 g/mol. The molecular formula is C28H28N2O5. The third-order valence-electron chi connectivity index (χ3n) is 5.89. The summed E-state index contributed by atoms with van der Waals surface area (Å²) in [7, 11) is 0. The first-order valence-corrected chi connectivity index (χ1v) is 11.3. The number of rotatable bonds is 6. The number of hydrogen-bond donors (Lipinski definition) is 1. The number of anilines is 1. The summed E-state index contributed by atoms with van der Waals surface area (Å²) in [5.41, 5.74) is 2.08. The van der Waals surface area contributed by atoms with E-state index in [1.54, 1.807) is 43.3 Å². The van der Waals surface area contributed by atoms with Gasteiger partial charge in [0.2, 0.25) is 0 Å². The van der Waals surface area contributed by atoms with Crippen molar-refractivity contribution in [2.45, 2.75) is 39.2 Å². The molecule has 1 N–H and O–H groups in total. The third kappa shape index (κ3) is 4.62. The van der Waals surface area contributed by atoms with Crippen LogP contribution in [-0.4, -0.2) is 28.6 Å². The third-order valence-corrected chi connectivity index (χ3v) is 5.89. The number of ketones is 1. The summed E-state index contributed by atoms with van der Waals surface area (Å²) in [5, 5.41) is 15.2. The van der Waals surface area contributed by atoms with Crippen molar-refractivity contribution in [2.24, 2.45) is 0 Å². The highest BCUT2D eigenvalue weighted by Crippen LogP contribution is 2.42. The normalized spacial score (nSPS) is 17.6. The molecule has 0 aliphatic carbocycles. The predicted molar refractivity (Wildman–Crippen MR) is 133 cm³/mol. The molecule has 1 aliphatic heterocycles. The minimum absolute atomic E-state index is 0.0149. The van der Waals surface area contributed by atoms with Crippen LogP contribution < -0.4 is 9.64 Å². The largest absolute Gasteiger partial charge is 0.507 e. The van der Waals surface area contributed by atoms with Crippen molar-refractivity contribution < 1.29 is 24.0 Å². The Morgan fingerprint density at radius 1 is 1.14 bits per heavy atom. The van der Waals surface area contributed by atoms with Crippen molar-refractivity contribution in [1.29, 1.82) is 0 Å². The molecule has 35 heavy (non-hydrogen) atoms. The van der Waals surface area contributed by atoms with Crippen molar-refractivity contribution in [1.82, 2.24) is 5.16 Å². The smallest absolute Gasteiger partial charge is 0.301 e. The van der Waals surface area contributed by atoms with Crippen LogP contribution >= 0.6 is 0 Å². The van der Waals surface area contributed by atoms with Crippen LogP contribution in [0.25, 0.3) is 5.76 Å². The Balaban J connectivity index is 1.84. The van der Waals surface area contributed by atoms with Gasteiger partial charge in [0.15, 0.2) is 5.82 Å². The van der Waals surface area contributed by atoms with Gasteiger partial charge in [0, 0.05) is 11.6 Å². The van der Waals surface area contributed by atoms with Gasteiger partial charge in [-0.1, -0.05) is 62.8 Å². The maximum atomic E-state index is 13.2. The van der Waals surface area contributed by atoms with Crippen LogP contribution in [0.5, 0.6) is 5.75 Å². The molecule has 4 rings (SSSR count). The molecule has 3 aromatic rings. The van der Waals surface area contributed by atoms with E-state index in [0.717, 1.165) is 5.56 Å². The highest BCUT2D eigenvalue weighted by Gasteiger charge is 2.48. The summed E-state index contributed by atoms with van der Waals surface area (Å²) in [5.74, 6) is -0.545. The second-order valence-corrected chi connectivity index (χ2v) is 9.46. The van der Waals surface area contributed by atoms with Crippen LogP contribution in [0.1, 0.15) is 49.3 Å². The lowest BCUT2D eigenvalue weighted by atomic mass is 9.85. The quantitative estimate of drug-likeness (QED) is 0.221. The number of hydrogen-bond acceptors (Lipinski definition) is 6. The van der Waals surface area contributed by atoms with Gasteiger partial charge in [-0.05, 0) is 47.7 Å². The van der Waals surface area contributed by atoms with Crippen molar-refractivity contribution in [3.63, 3.8) is 0 Å². The average molecular weight is 473 g/mol. The van der Waals surface area contributed by atoms with Crippen LogP contribution in [0.4, 0.5) is 5.82 Å². The highest BCUT2D eigenvalue weighted by atomic mass is 16.5. The predicted octanol–water partition coefficient (Wildman–Crippen LogP) is 5.47. The number of aryl methyl sites for hydroxylation is 1. The molecule has 7 heteroatoms. The molecule has 180 valence electrons. The first kappa shape index (κ1) is 24.0. The van der Waals surface area contributed by atoms with E-state index in [2.05, 4.69) is 32.5 Å². The van der Waals surface area contributed by atoms with E-state index in [0.29, 0.717) is 29.2 Å². The molecule has 1 aliphatic rings. The number of aliphatic hydroxyl groups is 1. The number of ether oxygens (including phenoxy) is 1. The summed E-state index contributed by atoms with van der Waals surface area (Å²) in [4.78, 5) is 27.7. The fourth-order valence-electron chi connectivity index (χ4n) is 4.04. The van der Waals surface area contributed by atoms with Crippen molar-refractivity contribution in [2.75, 3.05) is 11.5 Å². The van der Waals surface area contributed by atoms with E-state index in [1.165, 1.54) is 4.90 Å². The molecule has 1 amide bonds. The van der Waals surface area contributed by atoms with Crippen molar-refractivity contribution in [3.05, 3.63) is 95.3 Å². The Kier molecular flexibility index (Phi) is 6.35. The summed E-state index contributed by atoms with van der Waals surface area (Å²) >= 11 is 0. The van der Waals surface area contributed by atoms with Gasteiger partial charge in [-0.3, -0.25) is 14.5 Å². The molecule has 1 aromatic heterocycles. The second kappa shape index (κ2) is 9.25. The van der Waals surface area contributed by atoms with E-state index in [-0.39, 0.29) is 22.6 Å². The topological polar surface area (TPSA) is 92.9 Å². The van der Waals surface area contributed by atoms with E-state index in [4.69, 9.17) is 9.26 Å². The van der Waals surface area contributed by atoms with Gasteiger partial charge >= 0.3 is 5.91 Å². The Morgan fingerprint density at radius 3 is 2.34 bits per heavy atom. The zero-order valence-electron chi connectivity index (χ0n) is 20.2. The summed E-state index contributed by atoms with van der Waals surface area (Å²) in [6.07, 6.45) is 1.63. The summed E-state index contributed by atoms with van der Waals surface area (Å²) < 4.78 is 10.7. The molecule has 0 saturated carbocycles. The Morgan fingerprint density at radius 2 is 1.80 bits per heavy atom. The van der Waals surface area contributed by atoms with Crippen LogP contribution in [0.15, 0.2) is 77.3 Å². The molecule has 0 unspecified atom stereocenters. The van der Waals surface area contributed by atoms with Crippen LogP contribution in [-0.2, 0) is 15.0 Å². The van der Waals surface area contributed by atoms with Crippen LogP contribution in [0.3, 0.4) is 0 Å². The van der Waals surface area contributed by atoms with Crippen LogP contribution in [0.2, 0.25) is 0 Å². The van der Waals surface area contributed by atoms with E-state index in [1.807, 2.05) is 24.3 Å². The van der Waals surface area contributed by atoms with Gasteiger partial charge in [0.1, 0.15) is 23.9 Å². The highest BCUT2D eigenvalue weighted by molar-refractivity contribution is 6.51. The van der Waals surface area contributed by atoms with Gasteiger partial charge in [-0.2, -0.15) is 0 Å². The molecule has 1 saturated heterocycles. The average Bonchev–Trinajstić information content (AvgIpc) is 3.37. The zero-order chi connectivity index (χ0) is 25.3. The Hall–Kier alpha value is -4.13. The molecule has 2 aromatic carbocycles. The fraction of sp³-hybridized carbons (Fsp3) is 0.250. The van der Waals surface area contributed by atoms with Crippen molar-refractivity contribution >= 4 is 23.3 Å². The first-order chi connectivity index (χ1) is 16.6. The Bertz CT molecular complexity index is 1290. The first-order valence-electron chi connectivity index (χ1n) is 11.3. The molecular weight excluding hydrogens is 444 g/mol. The van der Waals surface area contributed by atoms with E-state index >= 15 is 0 Å². The second-order valence-electron chi connectivity index (χ2n) is 9.46. The molecule has 0 bridgehead atoms. The molecule has 0 radical (unpaired) electrons. The lowest BCUT2D eigenvalue weighted by Crippen LogP contribution is -2.29. The van der Waals surface area contributed by atoms with E-state index < -0.39 is 17.7 Å². The minimum Gasteiger partial charge on any atom is -0.507 e. The number of carbonyl (C=O) groups is 2.